The fourth-order valence-electron chi connectivity index (χ4n) is 4.10. The molecule has 4 aromatic carbocycles. The first-order valence-electron chi connectivity index (χ1n) is 12.3. The maximum absolute atomic E-state index is 12.6. The molecule has 202 valence electrons. The molecule has 1 heterocycles. The molecule has 10 heteroatoms. The van der Waals surface area contributed by atoms with Crippen LogP contribution >= 0.6 is 11.8 Å². The van der Waals surface area contributed by atoms with Crippen molar-refractivity contribution in [3.63, 3.8) is 0 Å². The normalized spacial score (nSPS) is 15.4. The van der Waals surface area contributed by atoms with Crippen LogP contribution in [-0.2, 0) is 26.0 Å². The van der Waals surface area contributed by atoms with Crippen molar-refractivity contribution in [1.29, 1.82) is 0 Å². The summed E-state index contributed by atoms with van der Waals surface area (Å²) in [4.78, 5) is 30.0. The number of amides is 2. The van der Waals surface area contributed by atoms with Gasteiger partial charge in [0.1, 0.15) is 5.75 Å². The predicted octanol–water partition coefficient (Wildman–Crippen LogP) is 5.10. The third kappa shape index (κ3) is 6.24. The van der Waals surface area contributed by atoms with E-state index < -0.39 is 15.9 Å². The smallest absolute Gasteiger partial charge is 0.264 e. The van der Waals surface area contributed by atoms with Gasteiger partial charge >= 0.3 is 0 Å². The SMILES string of the molecule is COc1cc2ccccc2cc1C=C1SC(=Nc2ccc(CC(=O)NS(=O)(=O)c3ccc(C)cc3)cc2)NC1=O. The fraction of sp³-hybridized carbons (Fsp3) is 0.100. The highest BCUT2D eigenvalue weighted by Crippen LogP contribution is 2.33. The van der Waals surface area contributed by atoms with Crippen LogP contribution in [0.1, 0.15) is 16.7 Å². The van der Waals surface area contributed by atoms with Crippen molar-refractivity contribution in [3.05, 3.63) is 107 Å². The molecular weight excluding hydrogens is 546 g/mol. The predicted molar refractivity (Wildman–Crippen MR) is 158 cm³/mol. The second kappa shape index (κ2) is 11.4. The van der Waals surface area contributed by atoms with E-state index in [1.165, 1.54) is 23.9 Å². The number of sulfonamides is 1. The molecule has 0 aliphatic carbocycles. The largest absolute Gasteiger partial charge is 0.496 e. The van der Waals surface area contributed by atoms with Crippen molar-refractivity contribution in [2.45, 2.75) is 18.2 Å². The van der Waals surface area contributed by atoms with Gasteiger partial charge in [-0.25, -0.2) is 18.1 Å². The van der Waals surface area contributed by atoms with Crippen molar-refractivity contribution >= 4 is 61.3 Å². The van der Waals surface area contributed by atoms with Gasteiger partial charge in [-0.05, 0) is 77.5 Å². The Hall–Kier alpha value is -4.41. The first kappa shape index (κ1) is 27.2. The fourth-order valence-corrected chi connectivity index (χ4v) is 5.92. The molecule has 0 spiro atoms. The second-order valence-electron chi connectivity index (χ2n) is 9.11. The number of amidine groups is 1. The van der Waals surface area contributed by atoms with Gasteiger partial charge in [0.15, 0.2) is 5.17 Å². The third-order valence-electron chi connectivity index (χ3n) is 6.15. The molecule has 0 aromatic heterocycles. The van der Waals surface area contributed by atoms with E-state index in [0.29, 0.717) is 27.1 Å². The summed E-state index contributed by atoms with van der Waals surface area (Å²) < 4.78 is 32.5. The zero-order valence-electron chi connectivity index (χ0n) is 21.7. The quantitative estimate of drug-likeness (QED) is 0.299. The number of carbonyl (C=O) groups excluding carboxylic acids is 2. The van der Waals surface area contributed by atoms with E-state index in [4.69, 9.17) is 4.74 Å². The van der Waals surface area contributed by atoms with Gasteiger partial charge in [0.25, 0.3) is 15.9 Å². The lowest BCUT2D eigenvalue weighted by Gasteiger charge is -2.08. The molecule has 2 amide bonds. The van der Waals surface area contributed by atoms with Gasteiger partial charge in [0.05, 0.1) is 29.0 Å². The van der Waals surface area contributed by atoms with E-state index in [1.807, 2.05) is 43.3 Å². The lowest BCUT2D eigenvalue weighted by atomic mass is 10.1. The zero-order chi connectivity index (χ0) is 28.3. The van der Waals surface area contributed by atoms with Crippen LogP contribution in [0.25, 0.3) is 16.8 Å². The van der Waals surface area contributed by atoms with Gasteiger partial charge in [0, 0.05) is 5.56 Å². The van der Waals surface area contributed by atoms with Crippen molar-refractivity contribution in [1.82, 2.24) is 10.0 Å². The number of nitrogens with one attached hydrogen (secondary N) is 2. The van der Waals surface area contributed by atoms with Crippen LogP contribution in [0.3, 0.4) is 0 Å². The lowest BCUT2D eigenvalue weighted by Crippen LogP contribution is -2.31. The lowest BCUT2D eigenvalue weighted by molar-refractivity contribution is -0.118. The molecule has 1 aliphatic heterocycles. The van der Waals surface area contributed by atoms with Crippen molar-refractivity contribution < 1.29 is 22.7 Å². The molecule has 4 aromatic rings. The van der Waals surface area contributed by atoms with Crippen LogP contribution < -0.4 is 14.8 Å². The molecule has 1 fully saturated rings. The molecule has 2 N–H and O–H groups in total. The number of methoxy groups -OCH3 is 1. The molecule has 0 radical (unpaired) electrons. The summed E-state index contributed by atoms with van der Waals surface area (Å²) in [5.74, 6) is -0.240. The Morgan fingerprint density at radius 3 is 2.35 bits per heavy atom. The minimum atomic E-state index is -3.95. The molecule has 1 saturated heterocycles. The monoisotopic (exact) mass is 571 g/mol. The van der Waals surface area contributed by atoms with Crippen LogP contribution in [0, 0.1) is 6.92 Å². The maximum Gasteiger partial charge on any atom is 0.264 e. The highest BCUT2D eigenvalue weighted by atomic mass is 32.2. The molecular formula is C30H25N3O5S2. The minimum absolute atomic E-state index is 0.0289. The second-order valence-corrected chi connectivity index (χ2v) is 11.8. The standard InChI is InChI=1S/C30H25N3O5S2/c1-19-7-13-25(14-8-19)40(36,37)33-28(34)15-20-9-11-24(12-10-20)31-30-32-29(35)27(39-30)18-23-16-21-5-3-4-6-22(21)17-26(23)38-2/h3-14,16-18H,15H2,1-2H3,(H,33,34)(H,31,32,35). The van der Waals surface area contributed by atoms with Gasteiger partial charge in [-0.3, -0.25) is 9.59 Å². The van der Waals surface area contributed by atoms with E-state index in [9.17, 15) is 18.0 Å². The number of hydrogen-bond acceptors (Lipinski definition) is 7. The Kier molecular flexibility index (Phi) is 7.72. The summed E-state index contributed by atoms with van der Waals surface area (Å²) in [6.07, 6.45) is 1.66. The highest BCUT2D eigenvalue weighted by molar-refractivity contribution is 8.18. The zero-order valence-corrected chi connectivity index (χ0v) is 23.3. The summed E-state index contributed by atoms with van der Waals surface area (Å²) in [7, 11) is -2.35. The van der Waals surface area contributed by atoms with Crippen LogP contribution in [0.2, 0.25) is 0 Å². The van der Waals surface area contributed by atoms with Gasteiger partial charge in [-0.2, -0.15) is 0 Å². The molecule has 5 rings (SSSR count). The Balaban J connectivity index is 1.25. The average molecular weight is 572 g/mol. The van der Waals surface area contributed by atoms with Crippen LogP contribution in [0.5, 0.6) is 5.75 Å². The van der Waals surface area contributed by atoms with Gasteiger partial charge in [-0.1, -0.05) is 54.1 Å². The van der Waals surface area contributed by atoms with Crippen LogP contribution in [-0.4, -0.2) is 32.5 Å². The molecule has 0 bridgehead atoms. The summed E-state index contributed by atoms with van der Waals surface area (Å²) in [5, 5.41) is 5.27. The summed E-state index contributed by atoms with van der Waals surface area (Å²) >= 11 is 1.22. The van der Waals surface area contributed by atoms with Crippen molar-refractivity contribution in [3.8, 4) is 5.75 Å². The van der Waals surface area contributed by atoms with E-state index in [0.717, 1.165) is 21.9 Å². The molecule has 1 aliphatic rings. The molecule has 8 nitrogen and oxygen atoms in total. The number of ether oxygens (including phenoxy) is 1. The number of rotatable bonds is 7. The average Bonchev–Trinajstić information content (AvgIpc) is 3.27. The molecule has 0 atom stereocenters. The van der Waals surface area contributed by atoms with E-state index in [1.54, 1.807) is 49.6 Å². The first-order valence-corrected chi connectivity index (χ1v) is 14.6. The third-order valence-corrected chi connectivity index (χ3v) is 8.45. The molecule has 0 unspecified atom stereocenters. The number of fused-ring (bicyclic) bond motifs is 1. The summed E-state index contributed by atoms with van der Waals surface area (Å²) in [6.45, 7) is 1.85. The highest BCUT2D eigenvalue weighted by Gasteiger charge is 2.24. The Labute approximate surface area is 236 Å². The van der Waals surface area contributed by atoms with E-state index in [-0.39, 0.29) is 17.2 Å². The Bertz CT molecular complexity index is 1780. The van der Waals surface area contributed by atoms with Gasteiger partial charge < -0.3 is 10.1 Å². The molecule has 0 saturated carbocycles. The van der Waals surface area contributed by atoms with Crippen LogP contribution in [0.15, 0.2) is 99.7 Å². The van der Waals surface area contributed by atoms with Gasteiger partial charge in [-0.15, -0.1) is 0 Å². The van der Waals surface area contributed by atoms with Crippen molar-refractivity contribution in [2.75, 3.05) is 7.11 Å². The van der Waals surface area contributed by atoms with Gasteiger partial charge in [0.2, 0.25) is 5.91 Å². The molecule has 40 heavy (non-hydrogen) atoms. The Morgan fingerprint density at radius 1 is 1.00 bits per heavy atom. The number of nitrogens with zero attached hydrogens (tertiary/aromatic N) is 1. The number of aryl methyl sites for hydroxylation is 1. The number of carbonyl (C=O) groups is 2. The Morgan fingerprint density at radius 2 is 1.68 bits per heavy atom. The number of benzene rings is 4. The van der Waals surface area contributed by atoms with E-state index >= 15 is 0 Å². The number of thioether (sulfide) groups is 1. The van der Waals surface area contributed by atoms with Crippen molar-refractivity contribution in [2.24, 2.45) is 4.99 Å². The number of hydrogen-bond donors (Lipinski definition) is 2. The van der Waals surface area contributed by atoms with E-state index in [2.05, 4.69) is 15.0 Å². The van der Waals surface area contributed by atoms with Crippen LogP contribution in [0.4, 0.5) is 5.69 Å². The maximum atomic E-state index is 12.6. The topological polar surface area (TPSA) is 114 Å². The first-order chi connectivity index (χ1) is 19.2. The number of aliphatic imine (C=N–C) groups is 1. The summed E-state index contributed by atoms with van der Waals surface area (Å²) in [6, 6.07) is 24.9. The minimum Gasteiger partial charge on any atom is -0.496 e. The summed E-state index contributed by atoms with van der Waals surface area (Å²) in [5.41, 5.74) is 2.89.